The van der Waals surface area contributed by atoms with Gasteiger partial charge in [-0.25, -0.2) is 4.98 Å². The molecule has 2 aromatic rings. The van der Waals surface area contributed by atoms with Crippen LogP contribution in [0.3, 0.4) is 0 Å². The van der Waals surface area contributed by atoms with E-state index in [4.69, 9.17) is 0 Å². The quantitative estimate of drug-likeness (QED) is 0.852. The third kappa shape index (κ3) is 1.98. The number of nitrogens with one attached hydrogen (secondary N) is 1. The van der Waals surface area contributed by atoms with Crippen LogP contribution >= 0.6 is 0 Å². The molecule has 1 aliphatic carbocycles. The lowest BCUT2D eigenvalue weighted by atomic mass is 10.2. The highest BCUT2D eigenvalue weighted by molar-refractivity contribution is 5.76. The number of anilines is 1. The van der Waals surface area contributed by atoms with Crippen LogP contribution < -0.4 is 5.32 Å². The van der Waals surface area contributed by atoms with Gasteiger partial charge in [-0.15, -0.1) is 0 Å². The molecular weight excluding hydrogens is 198 g/mol. The van der Waals surface area contributed by atoms with E-state index in [-0.39, 0.29) is 0 Å². The van der Waals surface area contributed by atoms with Gasteiger partial charge in [-0.05, 0) is 43.4 Å². The van der Waals surface area contributed by atoms with E-state index in [2.05, 4.69) is 34.3 Å². The van der Waals surface area contributed by atoms with E-state index in [9.17, 15) is 0 Å². The Morgan fingerprint density at radius 3 is 3.00 bits per heavy atom. The van der Waals surface area contributed by atoms with E-state index >= 15 is 0 Å². The van der Waals surface area contributed by atoms with Gasteiger partial charge in [0.15, 0.2) is 0 Å². The van der Waals surface area contributed by atoms with Crippen LogP contribution in [0.25, 0.3) is 11.0 Å². The van der Waals surface area contributed by atoms with Gasteiger partial charge in [0.25, 0.3) is 0 Å². The van der Waals surface area contributed by atoms with Crippen molar-refractivity contribution in [2.24, 2.45) is 5.92 Å². The van der Waals surface area contributed by atoms with E-state index in [1.165, 1.54) is 18.4 Å². The van der Waals surface area contributed by atoms with Crippen molar-refractivity contribution in [1.82, 2.24) is 9.97 Å². The van der Waals surface area contributed by atoms with E-state index in [0.717, 1.165) is 29.3 Å². The minimum atomic E-state index is 0.856. The molecule has 0 atom stereocenters. The van der Waals surface area contributed by atoms with Crippen LogP contribution in [-0.4, -0.2) is 16.5 Å². The molecule has 1 heterocycles. The van der Waals surface area contributed by atoms with Crippen molar-refractivity contribution >= 4 is 16.9 Å². The Morgan fingerprint density at radius 2 is 2.19 bits per heavy atom. The van der Waals surface area contributed by atoms with Gasteiger partial charge in [0.1, 0.15) is 5.82 Å². The first-order chi connectivity index (χ1) is 7.81. The number of fused-ring (bicyclic) bond motifs is 1. The fourth-order valence-corrected chi connectivity index (χ4v) is 1.78. The molecule has 3 heteroatoms. The molecule has 3 rings (SSSR count). The third-order valence-corrected chi connectivity index (χ3v) is 2.97. The maximum absolute atomic E-state index is 4.56. The number of nitrogens with zero attached hydrogens (tertiary/aromatic N) is 2. The van der Waals surface area contributed by atoms with Gasteiger partial charge in [-0.2, -0.15) is 0 Å². The fourth-order valence-electron chi connectivity index (χ4n) is 1.78. The lowest BCUT2D eigenvalue weighted by Crippen LogP contribution is -2.05. The second kappa shape index (κ2) is 3.74. The largest absolute Gasteiger partial charge is 0.368 e. The zero-order valence-electron chi connectivity index (χ0n) is 9.40. The zero-order chi connectivity index (χ0) is 11.0. The molecular formula is C13H15N3. The molecule has 1 fully saturated rings. The predicted molar refractivity (Wildman–Crippen MR) is 65.5 cm³/mol. The molecule has 0 saturated heterocycles. The summed E-state index contributed by atoms with van der Waals surface area (Å²) in [5.41, 5.74) is 3.16. The minimum absolute atomic E-state index is 0.856. The summed E-state index contributed by atoms with van der Waals surface area (Å²) in [5.74, 6) is 1.75. The SMILES string of the molecule is Cc1ccc2ncc(NCC3CC3)nc2c1. The minimum Gasteiger partial charge on any atom is -0.368 e. The Balaban J connectivity index is 1.87. The standard InChI is InChI=1S/C13H15N3/c1-9-2-5-11-12(6-9)16-13(8-14-11)15-7-10-3-4-10/h2,5-6,8,10H,3-4,7H2,1H3,(H,15,16). The second-order valence-electron chi connectivity index (χ2n) is 4.57. The Morgan fingerprint density at radius 1 is 1.31 bits per heavy atom. The first kappa shape index (κ1) is 9.58. The van der Waals surface area contributed by atoms with Crippen LogP contribution in [0.4, 0.5) is 5.82 Å². The topological polar surface area (TPSA) is 37.8 Å². The molecule has 1 aromatic carbocycles. The smallest absolute Gasteiger partial charge is 0.145 e. The molecule has 0 unspecified atom stereocenters. The molecule has 0 radical (unpaired) electrons. The van der Waals surface area contributed by atoms with Crippen molar-refractivity contribution in [2.45, 2.75) is 19.8 Å². The van der Waals surface area contributed by atoms with Crippen LogP contribution in [0.1, 0.15) is 18.4 Å². The Labute approximate surface area is 94.9 Å². The number of rotatable bonds is 3. The number of hydrogen-bond acceptors (Lipinski definition) is 3. The summed E-state index contributed by atoms with van der Waals surface area (Å²) < 4.78 is 0. The summed E-state index contributed by atoms with van der Waals surface area (Å²) >= 11 is 0. The monoisotopic (exact) mass is 213 g/mol. The third-order valence-electron chi connectivity index (χ3n) is 2.97. The highest BCUT2D eigenvalue weighted by atomic mass is 15.0. The summed E-state index contributed by atoms with van der Waals surface area (Å²) in [7, 11) is 0. The van der Waals surface area contributed by atoms with Crippen molar-refractivity contribution in [3.8, 4) is 0 Å². The van der Waals surface area contributed by atoms with Crippen molar-refractivity contribution in [1.29, 1.82) is 0 Å². The second-order valence-corrected chi connectivity index (χ2v) is 4.57. The van der Waals surface area contributed by atoms with Crippen LogP contribution in [0.15, 0.2) is 24.4 Å². The van der Waals surface area contributed by atoms with Gasteiger partial charge in [0, 0.05) is 6.54 Å². The summed E-state index contributed by atoms with van der Waals surface area (Å²) in [4.78, 5) is 8.96. The van der Waals surface area contributed by atoms with Crippen LogP contribution in [-0.2, 0) is 0 Å². The Bertz CT molecular complexity index is 518. The van der Waals surface area contributed by atoms with Gasteiger partial charge in [-0.3, -0.25) is 4.98 Å². The van der Waals surface area contributed by atoms with E-state index < -0.39 is 0 Å². The normalized spacial score (nSPS) is 15.3. The summed E-state index contributed by atoms with van der Waals surface area (Å²) in [5, 5.41) is 3.34. The maximum Gasteiger partial charge on any atom is 0.145 e. The first-order valence-corrected chi connectivity index (χ1v) is 5.78. The molecule has 1 saturated carbocycles. The van der Waals surface area contributed by atoms with E-state index in [1.54, 1.807) is 0 Å². The molecule has 0 bridgehead atoms. The molecule has 0 aliphatic heterocycles. The van der Waals surface area contributed by atoms with E-state index in [1.807, 2.05) is 12.3 Å². The van der Waals surface area contributed by atoms with Gasteiger partial charge < -0.3 is 5.32 Å². The number of hydrogen-bond donors (Lipinski definition) is 1. The van der Waals surface area contributed by atoms with Gasteiger partial charge in [0.05, 0.1) is 17.2 Å². The Kier molecular flexibility index (Phi) is 2.24. The predicted octanol–water partition coefficient (Wildman–Crippen LogP) is 2.76. The molecule has 1 aromatic heterocycles. The lowest BCUT2D eigenvalue weighted by molar-refractivity contribution is 0.883. The summed E-state index contributed by atoms with van der Waals surface area (Å²) in [6.07, 6.45) is 4.53. The summed E-state index contributed by atoms with van der Waals surface area (Å²) in [6.45, 7) is 3.11. The molecule has 1 aliphatic rings. The number of benzene rings is 1. The van der Waals surface area contributed by atoms with Crippen LogP contribution in [0, 0.1) is 12.8 Å². The lowest BCUT2D eigenvalue weighted by Gasteiger charge is -2.05. The van der Waals surface area contributed by atoms with Gasteiger partial charge in [0.2, 0.25) is 0 Å². The van der Waals surface area contributed by atoms with Gasteiger partial charge >= 0.3 is 0 Å². The number of aromatic nitrogens is 2. The molecule has 16 heavy (non-hydrogen) atoms. The van der Waals surface area contributed by atoms with Crippen molar-refractivity contribution in [2.75, 3.05) is 11.9 Å². The van der Waals surface area contributed by atoms with Gasteiger partial charge in [-0.1, -0.05) is 6.07 Å². The fraction of sp³-hybridized carbons (Fsp3) is 0.385. The maximum atomic E-state index is 4.56. The van der Waals surface area contributed by atoms with Crippen molar-refractivity contribution < 1.29 is 0 Å². The molecule has 1 N–H and O–H groups in total. The van der Waals surface area contributed by atoms with Crippen molar-refractivity contribution in [3.63, 3.8) is 0 Å². The molecule has 82 valence electrons. The van der Waals surface area contributed by atoms with Crippen molar-refractivity contribution in [3.05, 3.63) is 30.0 Å². The highest BCUT2D eigenvalue weighted by Gasteiger charge is 2.20. The molecule has 0 spiro atoms. The van der Waals surface area contributed by atoms with Crippen LogP contribution in [0.2, 0.25) is 0 Å². The average Bonchev–Trinajstić information content (AvgIpc) is 3.09. The Hall–Kier alpha value is -1.64. The van der Waals surface area contributed by atoms with E-state index in [0.29, 0.717) is 0 Å². The highest BCUT2D eigenvalue weighted by Crippen LogP contribution is 2.28. The number of aryl methyl sites for hydroxylation is 1. The zero-order valence-corrected chi connectivity index (χ0v) is 9.40. The molecule has 3 nitrogen and oxygen atoms in total. The molecule has 0 amide bonds. The average molecular weight is 213 g/mol. The summed E-state index contributed by atoms with van der Waals surface area (Å²) in [6, 6.07) is 6.15. The van der Waals surface area contributed by atoms with Crippen LogP contribution in [0.5, 0.6) is 0 Å². The first-order valence-electron chi connectivity index (χ1n) is 5.78.